The molecule has 3 rings (SSSR count). The molecule has 6 nitrogen and oxygen atoms in total. The molecule has 0 spiro atoms. The van der Waals surface area contributed by atoms with Gasteiger partial charge in [-0.05, 0) is 45.4 Å². The van der Waals surface area contributed by atoms with E-state index in [0.717, 1.165) is 11.1 Å². The first-order chi connectivity index (χ1) is 14.1. The molecule has 160 valence electrons. The Morgan fingerprint density at radius 1 is 1.07 bits per heavy atom. The van der Waals surface area contributed by atoms with E-state index in [1.54, 1.807) is 27.7 Å². The van der Waals surface area contributed by atoms with Gasteiger partial charge >= 0.3 is 12.2 Å². The third-order valence-corrected chi connectivity index (χ3v) is 5.55. The third-order valence-electron chi connectivity index (χ3n) is 5.55. The maximum absolute atomic E-state index is 13.2. The van der Waals surface area contributed by atoms with Crippen LogP contribution < -0.4 is 4.74 Å². The largest absolute Gasteiger partial charge is 0.527 e. The van der Waals surface area contributed by atoms with Crippen LogP contribution in [0, 0.1) is 0 Å². The summed E-state index contributed by atoms with van der Waals surface area (Å²) in [4.78, 5) is 25.6. The molecule has 1 aliphatic heterocycles. The fourth-order valence-corrected chi connectivity index (χ4v) is 4.11. The molecular weight excluding hydrogens is 382 g/mol. The molecule has 1 N–H and O–H groups in total. The van der Waals surface area contributed by atoms with Gasteiger partial charge in [-0.25, -0.2) is 0 Å². The Balaban J connectivity index is 1.90. The standard InChI is InChI=1S/C24H29NO5/c1-17-13-14-21(25(17,22(26)27)23(28)30-24(2,3)4)19-11-8-12-20(15-19)29-16-18-9-6-5-7-10-18/h5-12,15,17,21H,13-14,16H2,1-4H3/p+1/t17?,21-,25?/m1/s1. The van der Waals surface area contributed by atoms with Crippen LogP contribution in [-0.2, 0) is 11.3 Å². The van der Waals surface area contributed by atoms with Gasteiger partial charge < -0.3 is 14.6 Å². The summed E-state index contributed by atoms with van der Waals surface area (Å²) in [6.45, 7) is 7.45. The highest BCUT2D eigenvalue weighted by molar-refractivity contribution is 5.76. The van der Waals surface area contributed by atoms with Gasteiger partial charge in [-0.3, -0.25) is 0 Å². The van der Waals surface area contributed by atoms with E-state index >= 15 is 0 Å². The van der Waals surface area contributed by atoms with Gasteiger partial charge in [-0.1, -0.05) is 42.5 Å². The Kier molecular flexibility index (Phi) is 6.17. The fourth-order valence-electron chi connectivity index (χ4n) is 4.11. The van der Waals surface area contributed by atoms with Crippen LogP contribution in [0.3, 0.4) is 0 Å². The number of benzene rings is 2. The van der Waals surface area contributed by atoms with Crippen molar-refractivity contribution in [3.8, 4) is 5.75 Å². The summed E-state index contributed by atoms with van der Waals surface area (Å²) in [6.07, 6.45) is -0.712. The summed E-state index contributed by atoms with van der Waals surface area (Å²) in [5.41, 5.74) is 1.03. The number of hydrogen-bond donors (Lipinski definition) is 1. The Morgan fingerprint density at radius 3 is 2.40 bits per heavy atom. The molecular formula is C24H30NO5+. The van der Waals surface area contributed by atoms with Crippen LogP contribution in [-0.4, -0.2) is 33.4 Å². The summed E-state index contributed by atoms with van der Waals surface area (Å²) in [7, 11) is 0. The molecule has 0 saturated carbocycles. The third kappa shape index (κ3) is 4.33. The maximum atomic E-state index is 13.2. The summed E-state index contributed by atoms with van der Waals surface area (Å²) >= 11 is 0. The van der Waals surface area contributed by atoms with Crippen molar-refractivity contribution in [2.45, 2.75) is 64.8 Å². The molecule has 2 unspecified atom stereocenters. The Bertz CT molecular complexity index is 905. The number of rotatable bonds is 4. The van der Waals surface area contributed by atoms with Crippen LogP contribution in [0.1, 0.15) is 57.7 Å². The number of carboxylic acid groups (broad SMARTS) is 1. The van der Waals surface area contributed by atoms with Crippen molar-refractivity contribution >= 4 is 12.2 Å². The number of nitrogens with zero attached hydrogens (tertiary/aromatic N) is 1. The monoisotopic (exact) mass is 412 g/mol. The minimum Gasteiger partial charge on any atom is -0.489 e. The van der Waals surface area contributed by atoms with E-state index in [1.165, 1.54) is 0 Å². The highest BCUT2D eigenvalue weighted by Gasteiger charge is 2.62. The molecule has 0 radical (unpaired) electrons. The molecule has 0 aliphatic carbocycles. The zero-order chi connectivity index (χ0) is 21.9. The van der Waals surface area contributed by atoms with Crippen molar-refractivity contribution < 1.29 is 28.7 Å². The number of quaternary nitrogens is 1. The molecule has 2 amide bonds. The summed E-state index contributed by atoms with van der Waals surface area (Å²) in [6, 6.07) is 16.3. The van der Waals surface area contributed by atoms with Gasteiger partial charge in [0.15, 0.2) is 0 Å². The number of hydrogen-bond acceptors (Lipinski definition) is 4. The van der Waals surface area contributed by atoms with Crippen molar-refractivity contribution in [1.82, 2.24) is 0 Å². The van der Waals surface area contributed by atoms with E-state index in [9.17, 15) is 14.7 Å². The van der Waals surface area contributed by atoms with E-state index < -0.39 is 34.4 Å². The van der Waals surface area contributed by atoms with E-state index in [-0.39, 0.29) is 0 Å². The van der Waals surface area contributed by atoms with Gasteiger partial charge in [-0.15, -0.1) is 4.48 Å². The topological polar surface area (TPSA) is 72.8 Å². The first-order valence-corrected chi connectivity index (χ1v) is 10.3. The number of carbonyl (C=O) groups excluding carboxylic acids is 1. The second kappa shape index (κ2) is 8.48. The lowest BCUT2D eigenvalue weighted by Crippen LogP contribution is -2.60. The predicted molar refractivity (Wildman–Crippen MR) is 113 cm³/mol. The zero-order valence-corrected chi connectivity index (χ0v) is 18.0. The van der Waals surface area contributed by atoms with Crippen LogP contribution >= 0.6 is 0 Å². The van der Waals surface area contributed by atoms with Gasteiger partial charge in [0.25, 0.3) is 0 Å². The maximum Gasteiger partial charge on any atom is 0.527 e. The van der Waals surface area contributed by atoms with Crippen LogP contribution in [0.4, 0.5) is 9.59 Å². The average Bonchev–Trinajstić information content (AvgIpc) is 3.04. The molecule has 3 atom stereocenters. The summed E-state index contributed by atoms with van der Waals surface area (Å²) in [5, 5.41) is 10.2. The van der Waals surface area contributed by atoms with Crippen molar-refractivity contribution in [3.05, 3.63) is 65.7 Å². The van der Waals surface area contributed by atoms with Crippen LogP contribution in [0.15, 0.2) is 54.6 Å². The first-order valence-electron chi connectivity index (χ1n) is 10.3. The highest BCUT2D eigenvalue weighted by atomic mass is 16.6. The van der Waals surface area contributed by atoms with Crippen LogP contribution in [0.5, 0.6) is 5.75 Å². The second-order valence-corrected chi connectivity index (χ2v) is 8.83. The normalized spacial score (nSPS) is 23.7. The van der Waals surface area contributed by atoms with E-state index in [2.05, 4.69) is 0 Å². The molecule has 0 aromatic heterocycles. The fraction of sp³-hybridized carbons (Fsp3) is 0.417. The molecule has 2 aromatic rings. The number of likely N-dealkylation sites (tertiary alicyclic amines) is 1. The van der Waals surface area contributed by atoms with E-state index in [4.69, 9.17) is 9.47 Å². The van der Waals surface area contributed by atoms with Gasteiger partial charge in [0, 0.05) is 18.4 Å². The SMILES string of the molecule is CC1CC[C@H](c2cccc(OCc3ccccc3)c2)[N+]1(C(=O)O)C(=O)OC(C)(C)C. The number of ether oxygens (including phenoxy) is 2. The molecule has 1 heterocycles. The van der Waals surface area contributed by atoms with Crippen molar-refractivity contribution in [3.63, 3.8) is 0 Å². The molecule has 0 bridgehead atoms. The quantitative estimate of drug-likeness (QED) is 0.631. The second-order valence-electron chi connectivity index (χ2n) is 8.83. The first kappa shape index (κ1) is 21.8. The average molecular weight is 413 g/mol. The summed E-state index contributed by atoms with van der Waals surface area (Å²) < 4.78 is 10.7. The van der Waals surface area contributed by atoms with Crippen LogP contribution in [0.25, 0.3) is 0 Å². The van der Waals surface area contributed by atoms with Crippen molar-refractivity contribution in [2.24, 2.45) is 0 Å². The lowest BCUT2D eigenvalue weighted by molar-refractivity contribution is -0.827. The number of carbonyl (C=O) groups is 2. The highest BCUT2D eigenvalue weighted by Crippen LogP contribution is 2.45. The Labute approximate surface area is 177 Å². The van der Waals surface area contributed by atoms with Gasteiger partial charge in [0.1, 0.15) is 30.0 Å². The molecule has 2 aromatic carbocycles. The minimum atomic E-state index is -1.19. The molecule has 1 fully saturated rings. The van der Waals surface area contributed by atoms with E-state index in [1.807, 2.05) is 54.6 Å². The lowest BCUT2D eigenvalue weighted by atomic mass is 10.0. The zero-order valence-electron chi connectivity index (χ0n) is 18.0. The molecule has 1 saturated heterocycles. The Hall–Kier alpha value is -2.86. The van der Waals surface area contributed by atoms with Gasteiger partial charge in [0.05, 0.1) is 0 Å². The smallest absolute Gasteiger partial charge is 0.489 e. The van der Waals surface area contributed by atoms with Gasteiger partial charge in [0.2, 0.25) is 0 Å². The lowest BCUT2D eigenvalue weighted by Gasteiger charge is -2.36. The molecule has 1 aliphatic rings. The minimum absolute atomic E-state index is 0.392. The number of amides is 2. The van der Waals surface area contributed by atoms with Crippen molar-refractivity contribution in [2.75, 3.05) is 0 Å². The predicted octanol–water partition coefficient (Wildman–Crippen LogP) is 5.92. The molecule has 6 heteroatoms. The number of imide groups is 1. The van der Waals surface area contributed by atoms with Gasteiger partial charge in [-0.2, -0.15) is 9.59 Å². The molecule has 30 heavy (non-hydrogen) atoms. The van der Waals surface area contributed by atoms with E-state index in [0.29, 0.717) is 25.2 Å². The van der Waals surface area contributed by atoms with Crippen molar-refractivity contribution in [1.29, 1.82) is 0 Å². The van der Waals surface area contributed by atoms with Crippen LogP contribution in [0.2, 0.25) is 0 Å². The summed E-state index contributed by atoms with van der Waals surface area (Å²) in [5.74, 6) is 0.642. The Morgan fingerprint density at radius 2 is 1.77 bits per heavy atom.